The van der Waals surface area contributed by atoms with Gasteiger partial charge in [0.05, 0.1) is 0 Å². The molecule has 1 aliphatic heterocycles. The summed E-state index contributed by atoms with van der Waals surface area (Å²) in [5.74, 6) is 0. The molecule has 0 radical (unpaired) electrons. The average Bonchev–Trinajstić information content (AvgIpc) is 2.93. The first kappa shape index (κ1) is 11.0. The minimum absolute atomic E-state index is 0.315. The average molecular weight is 234 g/mol. The van der Waals surface area contributed by atoms with Crippen LogP contribution in [0, 0.1) is 6.92 Å². The number of hydrogen-bond acceptors (Lipinski definition) is 0. The highest BCUT2D eigenvalue weighted by atomic mass is 14.8. The lowest BCUT2D eigenvalue weighted by atomic mass is 9.99. The Kier molecular flexibility index (Phi) is 2.81. The van der Waals surface area contributed by atoms with Crippen molar-refractivity contribution < 1.29 is 4.99 Å². The van der Waals surface area contributed by atoms with Crippen LogP contribution in [-0.4, -0.2) is 6.21 Å². The lowest BCUT2D eigenvalue weighted by Gasteiger charge is -2.06. The summed E-state index contributed by atoms with van der Waals surface area (Å²) < 4.78 is 0. The first-order valence-corrected chi connectivity index (χ1v) is 6.26. The minimum Gasteiger partial charge on any atom is -0.238 e. The smallest absolute Gasteiger partial charge is 0.195 e. The first-order chi connectivity index (χ1) is 8.83. The Labute approximate surface area is 108 Å². The van der Waals surface area contributed by atoms with Crippen LogP contribution in [0.3, 0.4) is 0 Å². The molecule has 1 nitrogen and oxygen atoms in total. The number of allylic oxidation sites excluding steroid dienone is 1. The van der Waals surface area contributed by atoms with Gasteiger partial charge in [0.1, 0.15) is 0 Å². The summed E-state index contributed by atoms with van der Waals surface area (Å²) in [6.45, 7) is 2.13. The number of benzene rings is 2. The predicted octanol–water partition coefficient (Wildman–Crippen LogP) is 2.42. The topological polar surface area (TPSA) is 14.0 Å². The molecule has 0 saturated carbocycles. The van der Waals surface area contributed by atoms with Gasteiger partial charge in [-0.1, -0.05) is 48.0 Å². The summed E-state index contributed by atoms with van der Waals surface area (Å²) in [6.07, 6.45) is 6.23. The van der Waals surface area contributed by atoms with Crippen LogP contribution in [0.15, 0.2) is 60.7 Å². The van der Waals surface area contributed by atoms with Gasteiger partial charge in [-0.25, -0.2) is 4.99 Å². The van der Waals surface area contributed by atoms with Crippen LogP contribution in [0.1, 0.15) is 17.2 Å². The fraction of sp³-hybridized carbons (Fsp3) is 0.118. The van der Waals surface area contributed by atoms with Crippen LogP contribution in [0.2, 0.25) is 0 Å². The second-order valence-electron chi connectivity index (χ2n) is 4.69. The Morgan fingerprint density at radius 2 is 1.72 bits per heavy atom. The number of rotatable bonds is 2. The lowest BCUT2D eigenvalue weighted by Crippen LogP contribution is -2.67. The van der Waals surface area contributed by atoms with Gasteiger partial charge < -0.3 is 0 Å². The molecule has 0 bridgehead atoms. The SMILES string of the molecule is Cc1cccc(-c2cccc(C3C=CC=[NH+]3)c2)c1. The number of aryl methyl sites for hydroxylation is 1. The molecule has 1 aliphatic rings. The number of hydrogen-bond donors (Lipinski definition) is 1. The van der Waals surface area contributed by atoms with Crippen molar-refractivity contribution in [1.29, 1.82) is 0 Å². The van der Waals surface area contributed by atoms with Crippen molar-refractivity contribution >= 4 is 6.21 Å². The molecule has 2 aromatic carbocycles. The van der Waals surface area contributed by atoms with E-state index in [1.807, 2.05) is 6.21 Å². The molecule has 1 heterocycles. The molecule has 1 unspecified atom stereocenters. The number of nitrogens with one attached hydrogen (secondary N) is 1. The van der Waals surface area contributed by atoms with Gasteiger partial charge in [0.2, 0.25) is 0 Å². The van der Waals surface area contributed by atoms with E-state index in [1.54, 1.807) is 0 Å². The highest BCUT2D eigenvalue weighted by Crippen LogP contribution is 2.23. The maximum absolute atomic E-state index is 3.33. The molecule has 3 rings (SSSR count). The molecule has 0 aromatic heterocycles. The van der Waals surface area contributed by atoms with Gasteiger partial charge in [0.15, 0.2) is 12.3 Å². The molecule has 0 saturated heterocycles. The second kappa shape index (κ2) is 4.61. The maximum atomic E-state index is 3.33. The Hall–Kier alpha value is -2.15. The third-order valence-corrected chi connectivity index (χ3v) is 3.27. The van der Waals surface area contributed by atoms with Crippen molar-refractivity contribution in [3.8, 4) is 11.1 Å². The molecule has 88 valence electrons. The zero-order valence-corrected chi connectivity index (χ0v) is 10.4. The summed E-state index contributed by atoms with van der Waals surface area (Å²) in [5.41, 5.74) is 5.16. The summed E-state index contributed by atoms with van der Waals surface area (Å²) in [7, 11) is 0. The molecule has 0 fully saturated rings. The summed E-state index contributed by atoms with van der Waals surface area (Å²) in [6, 6.07) is 17.7. The van der Waals surface area contributed by atoms with Gasteiger partial charge in [0, 0.05) is 11.6 Å². The molecule has 18 heavy (non-hydrogen) atoms. The Morgan fingerprint density at radius 1 is 0.944 bits per heavy atom. The monoisotopic (exact) mass is 234 g/mol. The highest BCUT2D eigenvalue weighted by Gasteiger charge is 2.14. The summed E-state index contributed by atoms with van der Waals surface area (Å²) >= 11 is 0. The van der Waals surface area contributed by atoms with E-state index in [9.17, 15) is 0 Å². The van der Waals surface area contributed by atoms with Gasteiger partial charge in [0.25, 0.3) is 0 Å². The lowest BCUT2D eigenvalue weighted by molar-refractivity contribution is -0.485. The molecule has 1 N–H and O–H groups in total. The van der Waals surface area contributed by atoms with E-state index >= 15 is 0 Å². The van der Waals surface area contributed by atoms with Crippen LogP contribution in [-0.2, 0) is 0 Å². The van der Waals surface area contributed by atoms with Gasteiger partial charge in [-0.05, 0) is 30.2 Å². The maximum Gasteiger partial charge on any atom is 0.195 e. The Morgan fingerprint density at radius 3 is 2.44 bits per heavy atom. The molecule has 0 aliphatic carbocycles. The van der Waals surface area contributed by atoms with Crippen LogP contribution >= 0.6 is 0 Å². The normalized spacial score (nSPS) is 17.3. The molecular weight excluding hydrogens is 218 g/mol. The standard InChI is InChI=1S/C17H15N/c1-13-5-2-6-14(11-13)15-7-3-8-16(12-15)17-9-4-10-18-17/h2-12,17H,1H3/p+1. The van der Waals surface area contributed by atoms with Crippen molar-refractivity contribution in [3.63, 3.8) is 0 Å². The molecule has 0 amide bonds. The summed E-state index contributed by atoms with van der Waals surface area (Å²) in [4.78, 5) is 3.33. The fourth-order valence-corrected chi connectivity index (χ4v) is 2.33. The van der Waals surface area contributed by atoms with Crippen LogP contribution < -0.4 is 4.99 Å². The van der Waals surface area contributed by atoms with E-state index < -0.39 is 0 Å². The molecule has 2 aromatic rings. The van der Waals surface area contributed by atoms with Crippen molar-refractivity contribution in [2.75, 3.05) is 0 Å². The first-order valence-electron chi connectivity index (χ1n) is 6.26. The van der Waals surface area contributed by atoms with Gasteiger partial charge in [-0.2, -0.15) is 0 Å². The predicted molar refractivity (Wildman–Crippen MR) is 75.5 cm³/mol. The second-order valence-corrected chi connectivity index (χ2v) is 4.69. The third kappa shape index (κ3) is 2.12. The van der Waals surface area contributed by atoms with Crippen LogP contribution in [0.25, 0.3) is 11.1 Å². The fourth-order valence-electron chi connectivity index (χ4n) is 2.33. The molecule has 0 spiro atoms. The molecule has 1 atom stereocenters. The molecule has 1 heteroatoms. The third-order valence-electron chi connectivity index (χ3n) is 3.27. The molecular formula is C17H16N+. The van der Waals surface area contributed by atoms with E-state index in [0.29, 0.717) is 6.04 Å². The quantitative estimate of drug-likeness (QED) is 0.820. The van der Waals surface area contributed by atoms with E-state index in [2.05, 4.69) is 72.6 Å². The largest absolute Gasteiger partial charge is 0.238 e. The van der Waals surface area contributed by atoms with Crippen molar-refractivity contribution in [2.45, 2.75) is 13.0 Å². The minimum atomic E-state index is 0.315. The van der Waals surface area contributed by atoms with Crippen molar-refractivity contribution in [1.82, 2.24) is 0 Å². The van der Waals surface area contributed by atoms with Gasteiger partial charge in [-0.15, -0.1) is 0 Å². The van der Waals surface area contributed by atoms with Crippen LogP contribution in [0.5, 0.6) is 0 Å². The van der Waals surface area contributed by atoms with Crippen LogP contribution in [0.4, 0.5) is 0 Å². The van der Waals surface area contributed by atoms with Gasteiger partial charge in [-0.3, -0.25) is 0 Å². The van der Waals surface area contributed by atoms with Gasteiger partial charge >= 0.3 is 0 Å². The highest BCUT2D eigenvalue weighted by molar-refractivity contribution is 5.68. The van der Waals surface area contributed by atoms with E-state index in [4.69, 9.17) is 0 Å². The van der Waals surface area contributed by atoms with Crippen molar-refractivity contribution in [3.05, 3.63) is 71.8 Å². The summed E-state index contributed by atoms with van der Waals surface area (Å²) in [5, 5.41) is 0. The van der Waals surface area contributed by atoms with Crippen molar-refractivity contribution in [2.24, 2.45) is 0 Å². The van der Waals surface area contributed by atoms with E-state index in [1.165, 1.54) is 22.3 Å². The Balaban J connectivity index is 2.00. The van der Waals surface area contributed by atoms with E-state index in [0.717, 1.165) is 0 Å². The zero-order valence-electron chi connectivity index (χ0n) is 10.4. The van der Waals surface area contributed by atoms with E-state index in [-0.39, 0.29) is 0 Å². The Bertz CT molecular complexity index is 611. The zero-order chi connectivity index (χ0) is 12.4.